The van der Waals surface area contributed by atoms with Crippen molar-refractivity contribution >= 4 is 11.6 Å². The van der Waals surface area contributed by atoms with Gasteiger partial charge in [-0.3, -0.25) is 9.59 Å². The molecule has 0 atom stereocenters. The fraction of sp³-hybridized carbons (Fsp3) is 0. The molecular weight excluding hydrogens is 142 g/mol. The summed E-state index contributed by atoms with van der Waals surface area (Å²) in [5.74, 6) is -0.221. The molecule has 1 aromatic rings. The van der Waals surface area contributed by atoms with Crippen LogP contribution in [0.1, 0.15) is 20.7 Å². The Hall–Kier alpha value is -1.64. The third-order valence-corrected chi connectivity index (χ3v) is 1.66. The molecule has 0 unspecified atom stereocenters. The largest absolute Gasteiger partial charge is 0.366 e. The number of aromatic nitrogens is 1. The first kappa shape index (κ1) is 6.09. The Labute approximate surface area is 62.7 Å². The van der Waals surface area contributed by atoms with Gasteiger partial charge in [0, 0.05) is 12.4 Å². The van der Waals surface area contributed by atoms with Gasteiger partial charge in [0.25, 0.3) is 0 Å². The predicted octanol–water partition coefficient (Wildman–Crippen LogP) is 0.950. The van der Waals surface area contributed by atoms with Crippen molar-refractivity contribution in [3.63, 3.8) is 0 Å². The predicted molar refractivity (Wildman–Crippen MR) is 38.6 cm³/mol. The SMILES string of the molecule is O=C1C=CC(=O)c2c[nH]cc21. The average Bonchev–Trinajstić information content (AvgIpc) is 2.45. The number of nitrogens with one attached hydrogen (secondary N) is 1. The van der Waals surface area contributed by atoms with E-state index in [4.69, 9.17) is 0 Å². The highest BCUT2D eigenvalue weighted by Gasteiger charge is 2.18. The standard InChI is InChI=1S/C8H5NO2/c10-7-1-2-8(11)6-4-9-3-5(6)7/h1-4,9H. The summed E-state index contributed by atoms with van der Waals surface area (Å²) in [6, 6.07) is 0. The van der Waals surface area contributed by atoms with Crippen molar-refractivity contribution in [2.75, 3.05) is 0 Å². The van der Waals surface area contributed by atoms with E-state index >= 15 is 0 Å². The summed E-state index contributed by atoms with van der Waals surface area (Å²) in [5.41, 5.74) is 0.940. The van der Waals surface area contributed by atoms with Gasteiger partial charge in [0.1, 0.15) is 0 Å². The van der Waals surface area contributed by atoms with E-state index in [0.717, 1.165) is 0 Å². The molecule has 0 bridgehead atoms. The van der Waals surface area contributed by atoms with Gasteiger partial charge in [-0.15, -0.1) is 0 Å². The van der Waals surface area contributed by atoms with Gasteiger partial charge in [0.15, 0.2) is 11.6 Å². The molecule has 1 aliphatic rings. The molecule has 0 saturated heterocycles. The topological polar surface area (TPSA) is 49.9 Å². The number of fused-ring (bicyclic) bond motifs is 1. The van der Waals surface area contributed by atoms with Crippen LogP contribution in [0.4, 0.5) is 0 Å². The molecule has 0 spiro atoms. The molecule has 3 heteroatoms. The van der Waals surface area contributed by atoms with Crippen LogP contribution in [0, 0.1) is 0 Å². The fourth-order valence-electron chi connectivity index (χ4n) is 1.10. The Kier molecular flexibility index (Phi) is 1.06. The third kappa shape index (κ3) is 0.741. The minimum absolute atomic E-state index is 0.110. The first-order chi connectivity index (χ1) is 5.29. The van der Waals surface area contributed by atoms with E-state index in [1.165, 1.54) is 12.2 Å². The molecular formula is C8H5NO2. The maximum absolute atomic E-state index is 11.0. The molecule has 0 saturated carbocycles. The van der Waals surface area contributed by atoms with Crippen LogP contribution in [-0.4, -0.2) is 16.6 Å². The average molecular weight is 147 g/mol. The number of aromatic amines is 1. The minimum Gasteiger partial charge on any atom is -0.366 e. The monoisotopic (exact) mass is 147 g/mol. The molecule has 1 N–H and O–H groups in total. The third-order valence-electron chi connectivity index (χ3n) is 1.66. The van der Waals surface area contributed by atoms with Crippen molar-refractivity contribution in [1.29, 1.82) is 0 Å². The molecule has 1 aromatic heterocycles. The van der Waals surface area contributed by atoms with Crippen molar-refractivity contribution in [3.8, 4) is 0 Å². The highest BCUT2D eigenvalue weighted by Crippen LogP contribution is 2.14. The lowest BCUT2D eigenvalue weighted by molar-refractivity contribution is 0.0995. The zero-order valence-electron chi connectivity index (χ0n) is 5.63. The van der Waals surface area contributed by atoms with Crippen LogP contribution >= 0.6 is 0 Å². The number of hydrogen-bond acceptors (Lipinski definition) is 2. The second kappa shape index (κ2) is 1.92. The molecule has 0 aliphatic heterocycles. The zero-order chi connectivity index (χ0) is 7.84. The van der Waals surface area contributed by atoms with Crippen molar-refractivity contribution in [2.24, 2.45) is 0 Å². The first-order valence-corrected chi connectivity index (χ1v) is 3.22. The molecule has 0 radical (unpaired) electrons. The van der Waals surface area contributed by atoms with Gasteiger partial charge >= 0.3 is 0 Å². The van der Waals surface area contributed by atoms with Gasteiger partial charge in [-0.25, -0.2) is 0 Å². The molecule has 1 aliphatic carbocycles. The number of hydrogen-bond donors (Lipinski definition) is 1. The second-order valence-electron chi connectivity index (χ2n) is 2.34. The molecule has 2 rings (SSSR count). The van der Waals surface area contributed by atoms with Gasteiger partial charge in [-0.1, -0.05) is 0 Å². The summed E-state index contributed by atoms with van der Waals surface area (Å²) in [5, 5.41) is 0. The Morgan fingerprint density at radius 3 is 1.82 bits per heavy atom. The van der Waals surface area contributed by atoms with Crippen LogP contribution < -0.4 is 0 Å². The molecule has 54 valence electrons. The Morgan fingerprint density at radius 2 is 1.36 bits per heavy atom. The molecule has 0 amide bonds. The zero-order valence-corrected chi connectivity index (χ0v) is 5.63. The Balaban J connectivity index is 2.68. The van der Waals surface area contributed by atoms with Gasteiger partial charge in [-0.05, 0) is 12.2 Å². The Bertz CT molecular complexity index is 327. The fourth-order valence-corrected chi connectivity index (χ4v) is 1.10. The van der Waals surface area contributed by atoms with E-state index in [1.807, 2.05) is 0 Å². The maximum Gasteiger partial charge on any atom is 0.188 e. The van der Waals surface area contributed by atoms with Gasteiger partial charge in [-0.2, -0.15) is 0 Å². The summed E-state index contributed by atoms with van der Waals surface area (Å²) >= 11 is 0. The van der Waals surface area contributed by atoms with Crippen LogP contribution in [-0.2, 0) is 0 Å². The van der Waals surface area contributed by atoms with Gasteiger partial charge < -0.3 is 4.98 Å². The van der Waals surface area contributed by atoms with Crippen molar-refractivity contribution < 1.29 is 9.59 Å². The molecule has 11 heavy (non-hydrogen) atoms. The van der Waals surface area contributed by atoms with E-state index in [2.05, 4.69) is 4.98 Å². The maximum atomic E-state index is 11.0. The quantitative estimate of drug-likeness (QED) is 0.593. The summed E-state index contributed by atoms with van der Waals surface area (Å²) in [4.78, 5) is 24.8. The van der Waals surface area contributed by atoms with Crippen molar-refractivity contribution in [1.82, 2.24) is 4.98 Å². The molecule has 1 heterocycles. The number of carbonyl (C=O) groups is 2. The lowest BCUT2D eigenvalue weighted by atomic mass is 10.0. The van der Waals surface area contributed by atoms with Crippen molar-refractivity contribution in [3.05, 3.63) is 35.7 Å². The minimum atomic E-state index is -0.110. The summed E-state index contributed by atoms with van der Waals surface area (Å²) in [7, 11) is 0. The number of rotatable bonds is 0. The number of H-pyrrole nitrogens is 1. The van der Waals surface area contributed by atoms with Crippen LogP contribution in [0.15, 0.2) is 24.5 Å². The Morgan fingerprint density at radius 1 is 0.909 bits per heavy atom. The van der Waals surface area contributed by atoms with Gasteiger partial charge in [0.05, 0.1) is 11.1 Å². The van der Waals surface area contributed by atoms with Crippen LogP contribution in [0.3, 0.4) is 0 Å². The van der Waals surface area contributed by atoms with Crippen LogP contribution in [0.2, 0.25) is 0 Å². The van der Waals surface area contributed by atoms with E-state index in [-0.39, 0.29) is 11.6 Å². The second-order valence-corrected chi connectivity index (χ2v) is 2.34. The molecule has 0 fully saturated rings. The lowest BCUT2D eigenvalue weighted by Crippen LogP contribution is -2.07. The summed E-state index contributed by atoms with van der Waals surface area (Å²) in [6.45, 7) is 0. The number of allylic oxidation sites excluding steroid dienone is 2. The highest BCUT2D eigenvalue weighted by molar-refractivity contribution is 6.21. The lowest BCUT2D eigenvalue weighted by Gasteiger charge is -2.00. The van der Waals surface area contributed by atoms with E-state index < -0.39 is 0 Å². The summed E-state index contributed by atoms with van der Waals surface area (Å²) < 4.78 is 0. The van der Waals surface area contributed by atoms with Crippen LogP contribution in [0.5, 0.6) is 0 Å². The van der Waals surface area contributed by atoms with Crippen LogP contribution in [0.25, 0.3) is 0 Å². The normalized spacial score (nSPS) is 15.3. The van der Waals surface area contributed by atoms with Crippen molar-refractivity contribution in [2.45, 2.75) is 0 Å². The molecule has 3 nitrogen and oxygen atoms in total. The van der Waals surface area contributed by atoms with Gasteiger partial charge in [0.2, 0.25) is 0 Å². The highest BCUT2D eigenvalue weighted by atomic mass is 16.1. The first-order valence-electron chi connectivity index (χ1n) is 3.22. The number of carbonyl (C=O) groups excluding carboxylic acids is 2. The number of ketones is 2. The molecule has 0 aromatic carbocycles. The smallest absolute Gasteiger partial charge is 0.188 e. The summed E-state index contributed by atoms with van der Waals surface area (Å²) in [6.07, 6.45) is 5.66. The van der Waals surface area contributed by atoms with E-state index in [9.17, 15) is 9.59 Å². The van der Waals surface area contributed by atoms with E-state index in [0.29, 0.717) is 11.1 Å². The van der Waals surface area contributed by atoms with E-state index in [1.54, 1.807) is 12.4 Å².